The van der Waals surface area contributed by atoms with E-state index in [1.807, 2.05) is 0 Å². The van der Waals surface area contributed by atoms with E-state index >= 15 is 0 Å². The number of piperidine rings is 1. The molecule has 1 saturated heterocycles. The van der Waals surface area contributed by atoms with Crippen molar-refractivity contribution in [3.63, 3.8) is 0 Å². The molecule has 0 aliphatic carbocycles. The van der Waals surface area contributed by atoms with Gasteiger partial charge in [0.2, 0.25) is 0 Å². The van der Waals surface area contributed by atoms with Crippen molar-refractivity contribution in [3.8, 4) is 0 Å². The van der Waals surface area contributed by atoms with Crippen LogP contribution in [0.25, 0.3) is 0 Å². The average molecular weight is 343 g/mol. The van der Waals surface area contributed by atoms with Crippen LogP contribution in [0.2, 0.25) is 0 Å². The first-order valence-corrected chi connectivity index (χ1v) is 8.64. The predicted molar refractivity (Wildman–Crippen MR) is 92.6 cm³/mol. The van der Waals surface area contributed by atoms with Crippen LogP contribution in [0.5, 0.6) is 0 Å². The second-order valence-electron chi connectivity index (χ2n) is 6.47. The van der Waals surface area contributed by atoms with Crippen molar-refractivity contribution in [1.82, 2.24) is 14.9 Å². The number of H-pyrrole nitrogens is 1. The summed E-state index contributed by atoms with van der Waals surface area (Å²) in [4.78, 5) is 33.0. The molecule has 0 unspecified atom stereocenters. The Morgan fingerprint density at radius 3 is 2.76 bits per heavy atom. The van der Waals surface area contributed by atoms with Crippen LogP contribution in [0.4, 0.5) is 4.39 Å². The highest BCUT2D eigenvalue weighted by Gasteiger charge is 2.25. The maximum Gasteiger partial charge on any atom is 0.270 e. The van der Waals surface area contributed by atoms with E-state index in [9.17, 15) is 14.0 Å². The number of ketones is 1. The van der Waals surface area contributed by atoms with Gasteiger partial charge >= 0.3 is 0 Å². The lowest BCUT2D eigenvalue weighted by atomic mass is 9.89. The fourth-order valence-electron chi connectivity index (χ4n) is 3.28. The number of carbonyl (C=O) groups excluding carboxylic acids is 1. The van der Waals surface area contributed by atoms with Crippen LogP contribution in [0, 0.1) is 11.7 Å². The lowest BCUT2D eigenvalue weighted by molar-refractivity contribution is -0.124. The Labute approximate surface area is 145 Å². The van der Waals surface area contributed by atoms with Crippen molar-refractivity contribution in [2.75, 3.05) is 13.1 Å². The maximum atomic E-state index is 13.6. The fraction of sp³-hybridized carbons (Fsp3) is 0.421. The molecule has 25 heavy (non-hydrogen) atoms. The molecule has 2 heterocycles. The summed E-state index contributed by atoms with van der Waals surface area (Å²) >= 11 is 0. The van der Waals surface area contributed by atoms with Crippen molar-refractivity contribution in [1.29, 1.82) is 0 Å². The molecular formula is C19H22FN3O2. The minimum absolute atomic E-state index is 0.0324. The standard InChI is InChI=1S/C19H22FN3O2/c20-16-4-2-1-3-14(16)5-6-18(24)15-7-11-23(12-8-15)13-17-19(25)22-10-9-21-17/h1-4,9-10,15H,5-8,11-13H2,(H,22,25). The van der Waals surface area contributed by atoms with Crippen LogP contribution in [0.3, 0.4) is 0 Å². The van der Waals surface area contributed by atoms with Crippen molar-refractivity contribution in [2.24, 2.45) is 5.92 Å². The molecule has 1 N–H and O–H groups in total. The molecule has 0 atom stereocenters. The van der Waals surface area contributed by atoms with Gasteiger partial charge in [0.05, 0.1) is 0 Å². The number of nitrogens with zero attached hydrogens (tertiary/aromatic N) is 2. The molecule has 3 rings (SSSR count). The molecule has 0 spiro atoms. The van der Waals surface area contributed by atoms with Gasteiger partial charge in [0.15, 0.2) is 0 Å². The Kier molecular flexibility index (Phi) is 5.71. The van der Waals surface area contributed by atoms with Gasteiger partial charge in [0.25, 0.3) is 5.56 Å². The molecule has 5 nitrogen and oxygen atoms in total. The molecule has 2 aromatic rings. The van der Waals surface area contributed by atoms with Crippen molar-refractivity contribution >= 4 is 5.78 Å². The molecule has 1 aromatic carbocycles. The largest absolute Gasteiger partial charge is 0.326 e. The number of aromatic nitrogens is 2. The summed E-state index contributed by atoms with van der Waals surface area (Å²) in [6.45, 7) is 2.05. The molecule has 0 amide bonds. The van der Waals surface area contributed by atoms with E-state index < -0.39 is 0 Å². The molecule has 1 aliphatic heterocycles. The van der Waals surface area contributed by atoms with E-state index in [2.05, 4.69) is 14.9 Å². The van der Waals surface area contributed by atoms with Gasteiger partial charge in [0.1, 0.15) is 17.3 Å². The number of rotatable bonds is 6. The van der Waals surface area contributed by atoms with Crippen LogP contribution in [-0.4, -0.2) is 33.7 Å². The fourth-order valence-corrected chi connectivity index (χ4v) is 3.28. The number of aryl methyl sites for hydroxylation is 1. The summed E-state index contributed by atoms with van der Waals surface area (Å²) in [5, 5.41) is 0. The molecular weight excluding hydrogens is 321 g/mol. The number of carbonyl (C=O) groups is 1. The summed E-state index contributed by atoms with van der Waals surface area (Å²) in [5.41, 5.74) is 0.945. The van der Waals surface area contributed by atoms with Crippen molar-refractivity contribution in [2.45, 2.75) is 32.2 Å². The number of likely N-dealkylation sites (tertiary alicyclic amines) is 1. The van der Waals surface area contributed by atoms with Crippen LogP contribution in [0.15, 0.2) is 41.5 Å². The minimum atomic E-state index is -0.245. The number of benzene rings is 1. The molecule has 0 saturated carbocycles. The highest BCUT2D eigenvalue weighted by molar-refractivity contribution is 5.81. The Balaban J connectivity index is 1.47. The zero-order valence-corrected chi connectivity index (χ0v) is 14.1. The second kappa shape index (κ2) is 8.16. The molecule has 1 aromatic heterocycles. The van der Waals surface area contributed by atoms with E-state index in [1.54, 1.807) is 24.4 Å². The van der Waals surface area contributed by atoms with E-state index in [4.69, 9.17) is 0 Å². The highest BCUT2D eigenvalue weighted by Crippen LogP contribution is 2.21. The maximum absolute atomic E-state index is 13.6. The number of aromatic amines is 1. The van der Waals surface area contributed by atoms with E-state index in [0.29, 0.717) is 30.6 Å². The van der Waals surface area contributed by atoms with E-state index in [-0.39, 0.29) is 23.1 Å². The molecule has 1 aliphatic rings. The number of halogens is 1. The van der Waals surface area contributed by atoms with Gasteiger partial charge in [-0.2, -0.15) is 0 Å². The zero-order valence-electron chi connectivity index (χ0n) is 14.1. The smallest absolute Gasteiger partial charge is 0.270 e. The number of Topliss-reactive ketones (excluding diaryl/α,β-unsaturated/α-hetero) is 1. The van der Waals surface area contributed by atoms with Gasteiger partial charge in [-0.05, 0) is 44.0 Å². The first-order valence-electron chi connectivity index (χ1n) is 8.64. The molecule has 1 fully saturated rings. The summed E-state index contributed by atoms with van der Waals surface area (Å²) in [7, 11) is 0. The lowest BCUT2D eigenvalue weighted by Gasteiger charge is -2.30. The lowest BCUT2D eigenvalue weighted by Crippen LogP contribution is -2.37. The van der Waals surface area contributed by atoms with Crippen LogP contribution >= 0.6 is 0 Å². The summed E-state index contributed by atoms with van der Waals surface area (Å²) in [5.74, 6) is -0.00525. The van der Waals surface area contributed by atoms with Gasteiger partial charge in [-0.1, -0.05) is 18.2 Å². The van der Waals surface area contributed by atoms with Gasteiger partial charge in [-0.25, -0.2) is 4.39 Å². The van der Waals surface area contributed by atoms with Gasteiger partial charge in [-0.3, -0.25) is 19.5 Å². The Bertz CT molecular complexity index is 782. The summed E-state index contributed by atoms with van der Waals surface area (Å²) in [6.07, 6.45) is 5.49. The minimum Gasteiger partial charge on any atom is -0.326 e. The summed E-state index contributed by atoms with van der Waals surface area (Å²) < 4.78 is 13.6. The third kappa shape index (κ3) is 4.60. The second-order valence-corrected chi connectivity index (χ2v) is 6.47. The first kappa shape index (κ1) is 17.5. The SMILES string of the molecule is O=C(CCc1ccccc1F)C1CCN(Cc2ncc[nH]c2=O)CC1. The van der Waals surface area contributed by atoms with Crippen LogP contribution in [0.1, 0.15) is 30.5 Å². The monoisotopic (exact) mass is 343 g/mol. The Morgan fingerprint density at radius 1 is 1.28 bits per heavy atom. The number of hydrogen-bond acceptors (Lipinski definition) is 4. The topological polar surface area (TPSA) is 66.1 Å². The molecule has 6 heteroatoms. The normalized spacial score (nSPS) is 16.0. The van der Waals surface area contributed by atoms with Gasteiger partial charge in [-0.15, -0.1) is 0 Å². The van der Waals surface area contributed by atoms with Crippen molar-refractivity contribution in [3.05, 3.63) is 64.1 Å². The Hall–Kier alpha value is -2.34. The van der Waals surface area contributed by atoms with E-state index in [0.717, 1.165) is 25.9 Å². The number of hydrogen-bond donors (Lipinski definition) is 1. The zero-order chi connectivity index (χ0) is 17.6. The third-order valence-corrected chi connectivity index (χ3v) is 4.80. The van der Waals surface area contributed by atoms with Crippen LogP contribution in [-0.2, 0) is 17.8 Å². The predicted octanol–water partition coefficient (Wildman–Crippen LogP) is 2.32. The highest BCUT2D eigenvalue weighted by atomic mass is 19.1. The molecule has 0 bridgehead atoms. The van der Waals surface area contributed by atoms with Crippen LogP contribution < -0.4 is 5.56 Å². The van der Waals surface area contributed by atoms with Gasteiger partial charge in [0, 0.05) is 31.3 Å². The summed E-state index contributed by atoms with van der Waals surface area (Å²) in [6, 6.07) is 6.61. The van der Waals surface area contributed by atoms with E-state index in [1.165, 1.54) is 12.3 Å². The van der Waals surface area contributed by atoms with Gasteiger partial charge < -0.3 is 4.98 Å². The third-order valence-electron chi connectivity index (χ3n) is 4.80. The quantitative estimate of drug-likeness (QED) is 0.874. The molecule has 132 valence electrons. The number of nitrogens with one attached hydrogen (secondary N) is 1. The first-order chi connectivity index (χ1) is 12.1. The molecule has 0 radical (unpaired) electrons. The van der Waals surface area contributed by atoms with Crippen molar-refractivity contribution < 1.29 is 9.18 Å². The average Bonchev–Trinajstić information content (AvgIpc) is 2.63. The Morgan fingerprint density at radius 2 is 2.04 bits per heavy atom.